The van der Waals surface area contributed by atoms with E-state index >= 15 is 0 Å². The molecule has 2 aromatic rings. The Morgan fingerprint density at radius 3 is 1.83 bits per heavy atom. The molecule has 0 saturated heterocycles. The lowest BCUT2D eigenvalue weighted by atomic mass is 9.98. The molecule has 0 aliphatic heterocycles. The number of carboxylic acid groups (broad SMARTS) is 1. The van der Waals surface area contributed by atoms with Gasteiger partial charge in [0.15, 0.2) is 0 Å². The van der Waals surface area contributed by atoms with E-state index in [9.17, 15) is 19.2 Å². The summed E-state index contributed by atoms with van der Waals surface area (Å²) in [6, 6.07) is 15.9. The Bertz CT molecular complexity index is 929. The maximum Gasteiger partial charge on any atom is 0.407 e. The Morgan fingerprint density at radius 2 is 1.27 bits per heavy atom. The van der Waals surface area contributed by atoms with Crippen molar-refractivity contribution in [2.45, 2.75) is 5.92 Å². The highest BCUT2D eigenvalue weighted by atomic mass is 16.5. The molecule has 9 heteroatoms. The standard InChI is InChI=1S/C21H21N3O6/c25-18(23-11-20(27)28)9-22-19(26)10-24-21(29)30-12-17-15-7-3-1-5-13(15)14-6-2-4-8-16(14)17/h1-8,17H,9-12H2,(H,22,26)(H,23,25)(H,24,29)(H,27,28). The van der Waals surface area contributed by atoms with Crippen LogP contribution >= 0.6 is 0 Å². The molecule has 3 amide bonds. The number of fused-ring (bicyclic) bond motifs is 3. The molecule has 156 valence electrons. The van der Waals surface area contributed by atoms with Crippen molar-refractivity contribution in [1.29, 1.82) is 0 Å². The molecule has 0 heterocycles. The molecule has 1 aliphatic rings. The number of ether oxygens (including phenoxy) is 1. The number of nitrogens with one attached hydrogen (secondary N) is 3. The third-order valence-electron chi connectivity index (χ3n) is 4.62. The molecule has 0 bridgehead atoms. The van der Waals surface area contributed by atoms with Crippen molar-refractivity contribution < 1.29 is 29.0 Å². The van der Waals surface area contributed by atoms with Gasteiger partial charge in [-0.3, -0.25) is 14.4 Å². The molecule has 30 heavy (non-hydrogen) atoms. The van der Waals surface area contributed by atoms with Crippen LogP contribution in [-0.4, -0.2) is 55.2 Å². The highest BCUT2D eigenvalue weighted by Crippen LogP contribution is 2.44. The van der Waals surface area contributed by atoms with Gasteiger partial charge in [-0.05, 0) is 22.3 Å². The van der Waals surface area contributed by atoms with E-state index in [0.29, 0.717) is 0 Å². The third kappa shape index (κ3) is 5.13. The van der Waals surface area contributed by atoms with E-state index in [-0.39, 0.29) is 19.1 Å². The fourth-order valence-electron chi connectivity index (χ4n) is 3.28. The van der Waals surface area contributed by atoms with E-state index in [1.54, 1.807) is 0 Å². The van der Waals surface area contributed by atoms with Crippen molar-refractivity contribution in [2.24, 2.45) is 0 Å². The number of aliphatic carboxylic acids is 1. The Kier molecular flexibility index (Phi) is 6.63. The average molecular weight is 411 g/mol. The summed E-state index contributed by atoms with van der Waals surface area (Å²) in [5.74, 6) is -2.53. The second-order valence-electron chi connectivity index (χ2n) is 6.63. The van der Waals surface area contributed by atoms with E-state index in [0.717, 1.165) is 22.3 Å². The molecule has 3 rings (SSSR count). The normalized spacial score (nSPS) is 11.7. The van der Waals surface area contributed by atoms with E-state index in [1.807, 2.05) is 48.5 Å². The number of rotatable bonds is 8. The zero-order valence-electron chi connectivity index (χ0n) is 16.0. The van der Waals surface area contributed by atoms with Gasteiger partial charge in [0, 0.05) is 5.92 Å². The van der Waals surface area contributed by atoms with Gasteiger partial charge in [-0.2, -0.15) is 0 Å². The molecule has 0 spiro atoms. The molecule has 1 aliphatic carbocycles. The quantitative estimate of drug-likeness (QED) is 0.509. The smallest absolute Gasteiger partial charge is 0.407 e. The van der Waals surface area contributed by atoms with E-state index in [1.165, 1.54) is 0 Å². The van der Waals surface area contributed by atoms with Crippen LogP contribution in [0.25, 0.3) is 11.1 Å². The summed E-state index contributed by atoms with van der Waals surface area (Å²) in [5, 5.41) is 15.2. The molecule has 0 fully saturated rings. The van der Waals surface area contributed by atoms with Crippen LogP contribution in [0, 0.1) is 0 Å². The van der Waals surface area contributed by atoms with Gasteiger partial charge < -0.3 is 25.8 Å². The van der Waals surface area contributed by atoms with Crippen molar-refractivity contribution in [2.75, 3.05) is 26.2 Å². The molecule has 0 saturated carbocycles. The lowest BCUT2D eigenvalue weighted by molar-refractivity contribution is -0.137. The second-order valence-corrected chi connectivity index (χ2v) is 6.63. The minimum Gasteiger partial charge on any atom is -0.480 e. The number of benzene rings is 2. The Labute approximate surface area is 172 Å². The van der Waals surface area contributed by atoms with Crippen LogP contribution in [0.1, 0.15) is 17.0 Å². The minimum absolute atomic E-state index is 0.0880. The predicted octanol–water partition coefficient (Wildman–Crippen LogP) is 0.842. The molecule has 0 unspecified atom stereocenters. The van der Waals surface area contributed by atoms with Crippen molar-refractivity contribution in [3.8, 4) is 11.1 Å². The van der Waals surface area contributed by atoms with Gasteiger partial charge in [0.25, 0.3) is 0 Å². The first kappa shape index (κ1) is 20.8. The summed E-state index contributed by atoms with van der Waals surface area (Å²) < 4.78 is 5.31. The molecule has 4 N–H and O–H groups in total. The van der Waals surface area contributed by atoms with Crippen molar-refractivity contribution in [1.82, 2.24) is 16.0 Å². The van der Waals surface area contributed by atoms with E-state index < -0.39 is 37.0 Å². The zero-order chi connectivity index (χ0) is 21.5. The van der Waals surface area contributed by atoms with Crippen LogP contribution in [-0.2, 0) is 19.1 Å². The lowest BCUT2D eigenvalue weighted by Crippen LogP contribution is -2.43. The highest BCUT2D eigenvalue weighted by Gasteiger charge is 2.29. The zero-order valence-corrected chi connectivity index (χ0v) is 16.0. The lowest BCUT2D eigenvalue weighted by Gasteiger charge is -2.14. The van der Waals surface area contributed by atoms with Crippen LogP contribution in [0.2, 0.25) is 0 Å². The number of carbonyl (C=O) groups is 4. The number of alkyl carbamates (subject to hydrolysis) is 1. The Balaban J connectivity index is 1.45. The summed E-state index contributed by atoms with van der Waals surface area (Å²) in [4.78, 5) is 45.4. The van der Waals surface area contributed by atoms with Gasteiger partial charge in [-0.15, -0.1) is 0 Å². The fourth-order valence-corrected chi connectivity index (χ4v) is 3.28. The van der Waals surface area contributed by atoms with Crippen LogP contribution in [0.4, 0.5) is 4.79 Å². The molecule has 2 aromatic carbocycles. The SMILES string of the molecule is O=C(O)CNC(=O)CNC(=O)CNC(=O)OCC1c2ccccc2-c2ccccc21. The van der Waals surface area contributed by atoms with Crippen LogP contribution in [0.15, 0.2) is 48.5 Å². The minimum atomic E-state index is -1.19. The Hall–Kier alpha value is -3.88. The van der Waals surface area contributed by atoms with Crippen LogP contribution in [0.3, 0.4) is 0 Å². The maximum absolute atomic E-state index is 12.0. The van der Waals surface area contributed by atoms with Crippen molar-refractivity contribution in [3.63, 3.8) is 0 Å². The summed E-state index contributed by atoms with van der Waals surface area (Å²) in [7, 11) is 0. The summed E-state index contributed by atoms with van der Waals surface area (Å²) in [5.41, 5.74) is 4.39. The van der Waals surface area contributed by atoms with Crippen LogP contribution in [0.5, 0.6) is 0 Å². The monoisotopic (exact) mass is 411 g/mol. The number of hydrogen-bond acceptors (Lipinski definition) is 5. The van der Waals surface area contributed by atoms with E-state index in [2.05, 4.69) is 16.0 Å². The van der Waals surface area contributed by atoms with Gasteiger partial charge in [0.2, 0.25) is 11.8 Å². The second kappa shape index (κ2) is 9.55. The molecule has 0 aromatic heterocycles. The number of carbonyl (C=O) groups excluding carboxylic acids is 3. The molecule has 9 nitrogen and oxygen atoms in total. The summed E-state index contributed by atoms with van der Waals surface area (Å²) >= 11 is 0. The van der Waals surface area contributed by atoms with Gasteiger partial charge in [0.1, 0.15) is 19.7 Å². The summed E-state index contributed by atoms with van der Waals surface area (Å²) in [6.45, 7) is -1.17. The van der Waals surface area contributed by atoms with Crippen molar-refractivity contribution >= 4 is 23.9 Å². The predicted molar refractivity (Wildman–Crippen MR) is 107 cm³/mol. The molecule has 0 radical (unpaired) electrons. The largest absolute Gasteiger partial charge is 0.480 e. The van der Waals surface area contributed by atoms with Gasteiger partial charge in [-0.25, -0.2) is 4.79 Å². The van der Waals surface area contributed by atoms with Gasteiger partial charge in [-0.1, -0.05) is 48.5 Å². The van der Waals surface area contributed by atoms with E-state index in [4.69, 9.17) is 9.84 Å². The molecule has 0 atom stereocenters. The molecular weight excluding hydrogens is 390 g/mol. The maximum atomic E-state index is 12.0. The number of carboxylic acids is 1. The topological polar surface area (TPSA) is 134 Å². The first-order valence-corrected chi connectivity index (χ1v) is 9.29. The van der Waals surface area contributed by atoms with Crippen LogP contribution < -0.4 is 16.0 Å². The third-order valence-corrected chi connectivity index (χ3v) is 4.62. The first-order valence-electron chi connectivity index (χ1n) is 9.29. The average Bonchev–Trinajstić information content (AvgIpc) is 3.07. The van der Waals surface area contributed by atoms with Gasteiger partial charge >= 0.3 is 12.1 Å². The first-order chi connectivity index (χ1) is 14.5. The Morgan fingerprint density at radius 1 is 0.767 bits per heavy atom. The van der Waals surface area contributed by atoms with Gasteiger partial charge in [0.05, 0.1) is 6.54 Å². The fraction of sp³-hybridized carbons (Fsp3) is 0.238. The molecular formula is C21H21N3O6. The summed E-state index contributed by atoms with van der Waals surface area (Å²) in [6.07, 6.45) is -0.748. The highest BCUT2D eigenvalue weighted by molar-refractivity contribution is 5.88. The number of amides is 3. The number of hydrogen-bond donors (Lipinski definition) is 4. The van der Waals surface area contributed by atoms with Crippen molar-refractivity contribution in [3.05, 3.63) is 59.7 Å².